The van der Waals surface area contributed by atoms with Crippen LogP contribution >= 0.6 is 11.6 Å². The van der Waals surface area contributed by atoms with Crippen molar-refractivity contribution in [2.75, 3.05) is 0 Å². The summed E-state index contributed by atoms with van der Waals surface area (Å²) in [6.07, 6.45) is 0. The predicted molar refractivity (Wildman–Crippen MR) is 104 cm³/mol. The highest BCUT2D eigenvalue weighted by Crippen LogP contribution is 2.25. The molecule has 4 rings (SSSR count). The number of hydrogen-bond acceptors (Lipinski definition) is 4. The standard InChI is InChI=1S/C20H15ClN2O2S/c21-18-11-4-3-10-17(18)20-22-19(25-23-20)13-26(24)12-15-8-5-7-14-6-1-2-9-16(14)15/h1-11H,12-13H2/t26-/m0/s1. The molecule has 0 saturated carbocycles. The Balaban J connectivity index is 1.51. The van der Waals surface area contributed by atoms with Gasteiger partial charge in [-0.05, 0) is 28.5 Å². The first-order chi connectivity index (χ1) is 12.7. The first-order valence-electron chi connectivity index (χ1n) is 8.10. The van der Waals surface area contributed by atoms with Gasteiger partial charge in [-0.3, -0.25) is 4.21 Å². The molecule has 1 atom stereocenters. The third kappa shape index (κ3) is 3.54. The number of fused-ring (bicyclic) bond motifs is 1. The molecule has 0 fully saturated rings. The Morgan fingerprint density at radius 2 is 1.69 bits per heavy atom. The van der Waals surface area contributed by atoms with Crippen LogP contribution in [0.25, 0.3) is 22.2 Å². The van der Waals surface area contributed by atoms with Gasteiger partial charge < -0.3 is 4.52 Å². The Morgan fingerprint density at radius 3 is 2.58 bits per heavy atom. The van der Waals surface area contributed by atoms with E-state index in [0.717, 1.165) is 16.3 Å². The van der Waals surface area contributed by atoms with Crippen molar-refractivity contribution in [1.29, 1.82) is 0 Å². The van der Waals surface area contributed by atoms with E-state index >= 15 is 0 Å². The van der Waals surface area contributed by atoms with E-state index in [2.05, 4.69) is 22.3 Å². The summed E-state index contributed by atoms with van der Waals surface area (Å²) in [5, 5.41) is 6.76. The topological polar surface area (TPSA) is 56.0 Å². The zero-order valence-electron chi connectivity index (χ0n) is 13.8. The maximum Gasteiger partial charge on any atom is 0.239 e. The lowest BCUT2D eigenvalue weighted by Gasteiger charge is -2.05. The number of benzene rings is 3. The Kier molecular flexibility index (Phi) is 4.82. The van der Waals surface area contributed by atoms with Gasteiger partial charge >= 0.3 is 0 Å². The van der Waals surface area contributed by atoms with Gasteiger partial charge in [0.25, 0.3) is 0 Å². The molecule has 4 nitrogen and oxygen atoms in total. The van der Waals surface area contributed by atoms with Crippen molar-refractivity contribution in [2.24, 2.45) is 0 Å². The van der Waals surface area contributed by atoms with E-state index in [9.17, 15) is 4.21 Å². The van der Waals surface area contributed by atoms with E-state index in [1.54, 1.807) is 6.07 Å². The van der Waals surface area contributed by atoms with Crippen LogP contribution in [-0.4, -0.2) is 14.3 Å². The van der Waals surface area contributed by atoms with E-state index < -0.39 is 10.8 Å². The molecule has 0 aliphatic heterocycles. The first kappa shape index (κ1) is 16.9. The molecule has 0 N–H and O–H groups in total. The van der Waals surface area contributed by atoms with E-state index in [0.29, 0.717) is 28.1 Å². The van der Waals surface area contributed by atoms with Crippen LogP contribution in [0.2, 0.25) is 5.02 Å². The van der Waals surface area contributed by atoms with Gasteiger partial charge in [-0.25, -0.2) is 0 Å². The fraction of sp³-hybridized carbons (Fsp3) is 0.100. The van der Waals surface area contributed by atoms with Crippen molar-refractivity contribution in [3.05, 3.63) is 83.2 Å². The van der Waals surface area contributed by atoms with Crippen molar-refractivity contribution >= 4 is 33.2 Å². The van der Waals surface area contributed by atoms with Crippen molar-refractivity contribution < 1.29 is 8.73 Å². The molecule has 3 aromatic carbocycles. The molecule has 26 heavy (non-hydrogen) atoms. The van der Waals surface area contributed by atoms with Gasteiger partial charge in [0.2, 0.25) is 11.7 Å². The van der Waals surface area contributed by atoms with Crippen LogP contribution in [0.3, 0.4) is 0 Å². The number of aromatic nitrogens is 2. The monoisotopic (exact) mass is 382 g/mol. The van der Waals surface area contributed by atoms with Crippen LogP contribution in [-0.2, 0) is 22.3 Å². The lowest BCUT2D eigenvalue weighted by Crippen LogP contribution is -2.00. The van der Waals surface area contributed by atoms with Crippen LogP contribution in [0.1, 0.15) is 11.5 Å². The maximum atomic E-state index is 12.6. The second-order valence-electron chi connectivity index (χ2n) is 5.86. The lowest BCUT2D eigenvalue weighted by atomic mass is 10.1. The molecule has 130 valence electrons. The Labute approximate surface area is 158 Å². The van der Waals surface area contributed by atoms with Gasteiger partial charge in [-0.2, -0.15) is 4.98 Å². The molecule has 0 amide bonds. The van der Waals surface area contributed by atoms with Crippen molar-refractivity contribution in [2.45, 2.75) is 11.5 Å². The Morgan fingerprint density at radius 1 is 0.923 bits per heavy atom. The molecular weight excluding hydrogens is 368 g/mol. The van der Waals surface area contributed by atoms with Crippen LogP contribution in [0.4, 0.5) is 0 Å². The molecule has 0 spiro atoms. The third-order valence-electron chi connectivity index (χ3n) is 4.06. The SMILES string of the molecule is O=[S@](Cc1nc(-c2ccccc2Cl)no1)Cc1cccc2ccccc12. The van der Waals surface area contributed by atoms with Crippen molar-refractivity contribution in [3.63, 3.8) is 0 Å². The minimum Gasteiger partial charge on any atom is -0.338 e. The van der Waals surface area contributed by atoms with Crippen LogP contribution < -0.4 is 0 Å². The van der Waals surface area contributed by atoms with E-state index in [1.165, 1.54) is 0 Å². The second kappa shape index (κ2) is 7.40. The predicted octanol–water partition coefficient (Wildman–Crippen LogP) is 4.99. The molecule has 6 heteroatoms. The van der Waals surface area contributed by atoms with E-state index in [4.69, 9.17) is 16.1 Å². The molecule has 4 aromatic rings. The highest BCUT2D eigenvalue weighted by Gasteiger charge is 2.14. The van der Waals surface area contributed by atoms with Crippen molar-refractivity contribution in [1.82, 2.24) is 10.1 Å². The number of hydrogen-bond donors (Lipinski definition) is 0. The maximum absolute atomic E-state index is 12.6. The number of halogens is 1. The molecule has 0 saturated heterocycles. The third-order valence-corrected chi connectivity index (χ3v) is 5.60. The van der Waals surface area contributed by atoms with Crippen LogP contribution in [0.15, 0.2) is 71.3 Å². The fourth-order valence-electron chi connectivity index (χ4n) is 2.85. The highest BCUT2D eigenvalue weighted by atomic mass is 35.5. The molecule has 0 aliphatic carbocycles. The van der Waals surface area contributed by atoms with Gasteiger partial charge in [0.05, 0.1) is 5.02 Å². The largest absolute Gasteiger partial charge is 0.338 e. The van der Waals surface area contributed by atoms with Gasteiger partial charge in [-0.1, -0.05) is 71.4 Å². The van der Waals surface area contributed by atoms with E-state index in [-0.39, 0.29) is 5.75 Å². The summed E-state index contributed by atoms with van der Waals surface area (Å²) in [6.45, 7) is 0. The zero-order valence-corrected chi connectivity index (χ0v) is 15.3. The summed E-state index contributed by atoms with van der Waals surface area (Å²) in [5.74, 6) is 1.40. The summed E-state index contributed by atoms with van der Waals surface area (Å²) in [7, 11) is -1.16. The number of nitrogens with zero attached hydrogens (tertiary/aromatic N) is 2. The zero-order chi connectivity index (χ0) is 17.9. The average molecular weight is 383 g/mol. The molecule has 0 bridgehead atoms. The molecular formula is C20H15ClN2O2S. The normalized spacial score (nSPS) is 12.3. The highest BCUT2D eigenvalue weighted by molar-refractivity contribution is 7.83. The lowest BCUT2D eigenvalue weighted by molar-refractivity contribution is 0.390. The van der Waals surface area contributed by atoms with Crippen molar-refractivity contribution in [3.8, 4) is 11.4 Å². The van der Waals surface area contributed by atoms with Gasteiger partial charge in [0, 0.05) is 22.1 Å². The second-order valence-corrected chi connectivity index (χ2v) is 7.72. The average Bonchev–Trinajstić information content (AvgIpc) is 3.10. The molecule has 1 heterocycles. The molecule has 1 aromatic heterocycles. The van der Waals surface area contributed by atoms with E-state index in [1.807, 2.05) is 48.5 Å². The number of rotatable bonds is 5. The summed E-state index contributed by atoms with van der Waals surface area (Å²) in [4.78, 5) is 4.33. The smallest absolute Gasteiger partial charge is 0.239 e. The summed E-state index contributed by atoms with van der Waals surface area (Å²) >= 11 is 6.15. The minimum atomic E-state index is -1.16. The summed E-state index contributed by atoms with van der Waals surface area (Å²) < 4.78 is 17.9. The Hall–Kier alpha value is -2.50. The fourth-order valence-corrected chi connectivity index (χ4v) is 4.16. The molecule has 0 aliphatic rings. The quantitative estimate of drug-likeness (QED) is 0.487. The molecule has 0 unspecified atom stereocenters. The van der Waals surface area contributed by atoms with Gasteiger partial charge in [-0.15, -0.1) is 0 Å². The summed E-state index contributed by atoms with van der Waals surface area (Å²) in [5.41, 5.74) is 1.75. The summed E-state index contributed by atoms with van der Waals surface area (Å²) in [6, 6.07) is 21.4. The van der Waals surface area contributed by atoms with Crippen LogP contribution in [0.5, 0.6) is 0 Å². The minimum absolute atomic E-state index is 0.209. The van der Waals surface area contributed by atoms with Crippen LogP contribution in [0, 0.1) is 0 Å². The first-order valence-corrected chi connectivity index (χ1v) is 9.96. The van der Waals surface area contributed by atoms with Gasteiger partial charge in [0.15, 0.2) is 0 Å². The molecule has 0 radical (unpaired) electrons. The Bertz CT molecular complexity index is 1090. The van der Waals surface area contributed by atoms with Gasteiger partial charge in [0.1, 0.15) is 5.75 Å².